The molecule has 1 rings (SSSR count). The molecule has 1 aromatic rings. The van der Waals surface area contributed by atoms with Crippen LogP contribution in [-0.2, 0) is 0 Å². The lowest BCUT2D eigenvalue weighted by Gasteiger charge is -2.02. The number of hydrogen-bond donors (Lipinski definition) is 1. The molecule has 0 saturated heterocycles. The molecule has 0 aliphatic heterocycles. The summed E-state index contributed by atoms with van der Waals surface area (Å²) < 4.78 is 12.0. The molecule has 64 valence electrons. The predicted octanol–water partition coefficient (Wildman–Crippen LogP) is 2.88. The molecular formula is C9H9ClFN. The fraction of sp³-hybridized carbons (Fsp3) is 0.111. The predicted molar refractivity (Wildman–Crippen MR) is 49.5 cm³/mol. The van der Waals surface area contributed by atoms with Crippen LogP contribution in [-0.4, -0.2) is 0 Å². The van der Waals surface area contributed by atoms with Gasteiger partial charge in [0.25, 0.3) is 0 Å². The Morgan fingerprint density at radius 3 is 2.75 bits per heavy atom. The van der Waals surface area contributed by atoms with Crippen molar-refractivity contribution < 1.29 is 4.39 Å². The monoisotopic (exact) mass is 185 g/mol. The van der Waals surface area contributed by atoms with Crippen molar-refractivity contribution in [3.63, 3.8) is 0 Å². The second-order valence-electron chi connectivity index (χ2n) is 2.53. The maximum Gasteiger partial charge on any atom is 0.110 e. The average Bonchev–Trinajstić information content (AvgIpc) is 2.08. The van der Waals surface area contributed by atoms with E-state index in [4.69, 9.17) is 17.3 Å². The molecule has 0 heterocycles. The van der Waals surface area contributed by atoms with Gasteiger partial charge in [0, 0.05) is 10.6 Å². The lowest BCUT2D eigenvalue weighted by molar-refractivity contribution is 0.722. The maximum atomic E-state index is 12.0. The Bertz CT molecular complexity index is 320. The molecule has 0 aliphatic rings. The normalized spacial score (nSPS) is 11.8. The molecule has 1 aromatic carbocycles. The molecule has 0 radical (unpaired) electrons. The van der Waals surface area contributed by atoms with Gasteiger partial charge >= 0.3 is 0 Å². The van der Waals surface area contributed by atoms with Crippen LogP contribution in [0.2, 0.25) is 5.02 Å². The summed E-state index contributed by atoms with van der Waals surface area (Å²) >= 11 is 5.77. The van der Waals surface area contributed by atoms with Gasteiger partial charge in [0.1, 0.15) is 6.33 Å². The number of nitrogens with two attached hydrogens (primary N) is 1. The minimum absolute atomic E-state index is 0.120. The molecule has 0 bridgehead atoms. The molecule has 12 heavy (non-hydrogen) atoms. The van der Waals surface area contributed by atoms with E-state index in [2.05, 4.69) is 0 Å². The summed E-state index contributed by atoms with van der Waals surface area (Å²) in [6.07, 6.45) is 0.378. The van der Waals surface area contributed by atoms with Crippen LogP contribution in [0.25, 0.3) is 5.70 Å². The summed E-state index contributed by atoms with van der Waals surface area (Å²) in [5.41, 5.74) is 7.02. The molecule has 3 heteroatoms. The van der Waals surface area contributed by atoms with Crippen LogP contribution in [0.4, 0.5) is 4.39 Å². The molecule has 0 amide bonds. The van der Waals surface area contributed by atoms with Crippen LogP contribution >= 0.6 is 11.6 Å². The third-order valence-corrected chi connectivity index (χ3v) is 2.03. The highest BCUT2D eigenvalue weighted by Gasteiger charge is 1.99. The Kier molecular flexibility index (Phi) is 2.71. The van der Waals surface area contributed by atoms with E-state index in [-0.39, 0.29) is 5.70 Å². The summed E-state index contributed by atoms with van der Waals surface area (Å²) in [5.74, 6) is 0. The van der Waals surface area contributed by atoms with Crippen LogP contribution < -0.4 is 5.73 Å². The first-order valence-corrected chi connectivity index (χ1v) is 3.85. The first kappa shape index (κ1) is 9.07. The fourth-order valence-corrected chi connectivity index (χ4v) is 1.00. The molecule has 0 atom stereocenters. The highest BCUT2D eigenvalue weighted by Crippen LogP contribution is 2.19. The van der Waals surface area contributed by atoms with Gasteiger partial charge in [-0.25, -0.2) is 4.39 Å². The first-order valence-electron chi connectivity index (χ1n) is 3.47. The topological polar surface area (TPSA) is 26.0 Å². The number of aryl methyl sites for hydroxylation is 1. The van der Waals surface area contributed by atoms with Gasteiger partial charge in [-0.2, -0.15) is 0 Å². The fourth-order valence-electron chi connectivity index (χ4n) is 0.887. The third kappa shape index (κ3) is 1.77. The standard InChI is InChI=1S/C9H9ClFN/c1-6-4-7(9(12)5-11)2-3-8(6)10/h2-5H,12H2,1H3/b9-5+. The Morgan fingerprint density at radius 1 is 1.58 bits per heavy atom. The molecule has 2 N–H and O–H groups in total. The Balaban J connectivity index is 3.13. The molecule has 0 saturated carbocycles. The molecule has 0 spiro atoms. The van der Waals surface area contributed by atoms with Gasteiger partial charge in [-0.1, -0.05) is 17.7 Å². The van der Waals surface area contributed by atoms with E-state index in [0.29, 0.717) is 16.9 Å². The third-order valence-electron chi connectivity index (χ3n) is 1.61. The summed E-state index contributed by atoms with van der Waals surface area (Å²) in [7, 11) is 0. The Labute approximate surface area is 75.6 Å². The van der Waals surface area contributed by atoms with Crippen molar-refractivity contribution in [2.75, 3.05) is 0 Å². The Hall–Kier alpha value is -1.02. The lowest BCUT2D eigenvalue weighted by Crippen LogP contribution is -1.95. The summed E-state index contributed by atoms with van der Waals surface area (Å²) in [6.45, 7) is 1.84. The second-order valence-corrected chi connectivity index (χ2v) is 2.94. The Morgan fingerprint density at radius 2 is 2.25 bits per heavy atom. The molecule has 0 aliphatic carbocycles. The van der Waals surface area contributed by atoms with E-state index >= 15 is 0 Å². The van der Waals surface area contributed by atoms with Gasteiger partial charge in [0.2, 0.25) is 0 Å². The van der Waals surface area contributed by atoms with E-state index < -0.39 is 0 Å². The van der Waals surface area contributed by atoms with Crippen molar-refractivity contribution in [3.8, 4) is 0 Å². The van der Waals surface area contributed by atoms with E-state index in [9.17, 15) is 4.39 Å². The van der Waals surface area contributed by atoms with Crippen molar-refractivity contribution in [1.29, 1.82) is 0 Å². The molecule has 0 aromatic heterocycles. The van der Waals surface area contributed by atoms with Crippen molar-refractivity contribution in [2.24, 2.45) is 5.73 Å². The smallest absolute Gasteiger partial charge is 0.110 e. The van der Waals surface area contributed by atoms with Gasteiger partial charge < -0.3 is 5.73 Å². The maximum absolute atomic E-state index is 12.0. The van der Waals surface area contributed by atoms with Gasteiger partial charge in [-0.15, -0.1) is 0 Å². The highest BCUT2D eigenvalue weighted by molar-refractivity contribution is 6.31. The van der Waals surface area contributed by atoms with Gasteiger partial charge in [-0.3, -0.25) is 0 Å². The van der Waals surface area contributed by atoms with Crippen LogP contribution in [0.5, 0.6) is 0 Å². The molecule has 0 fully saturated rings. The van der Waals surface area contributed by atoms with E-state index in [1.165, 1.54) is 0 Å². The van der Waals surface area contributed by atoms with Crippen molar-refractivity contribution in [1.82, 2.24) is 0 Å². The van der Waals surface area contributed by atoms with Crippen molar-refractivity contribution in [3.05, 3.63) is 40.7 Å². The average molecular weight is 186 g/mol. The first-order chi connectivity index (χ1) is 5.65. The number of rotatable bonds is 1. The van der Waals surface area contributed by atoms with Crippen molar-refractivity contribution in [2.45, 2.75) is 6.92 Å². The lowest BCUT2D eigenvalue weighted by atomic mass is 10.1. The number of halogens is 2. The van der Waals surface area contributed by atoms with Gasteiger partial charge in [-0.05, 0) is 24.6 Å². The number of benzene rings is 1. The second kappa shape index (κ2) is 3.59. The van der Waals surface area contributed by atoms with Crippen LogP contribution in [0.1, 0.15) is 11.1 Å². The van der Waals surface area contributed by atoms with E-state index in [1.54, 1.807) is 18.2 Å². The van der Waals surface area contributed by atoms with Crippen molar-refractivity contribution >= 4 is 17.3 Å². The van der Waals surface area contributed by atoms with Gasteiger partial charge in [0.15, 0.2) is 0 Å². The molecule has 0 unspecified atom stereocenters. The molecular weight excluding hydrogens is 177 g/mol. The van der Waals surface area contributed by atoms with Gasteiger partial charge in [0.05, 0.1) is 5.70 Å². The number of hydrogen-bond acceptors (Lipinski definition) is 1. The summed E-state index contributed by atoms with van der Waals surface area (Å²) in [5, 5.41) is 0.658. The van der Waals surface area contributed by atoms with Crippen LogP contribution in [0.15, 0.2) is 24.5 Å². The zero-order valence-corrected chi connectivity index (χ0v) is 7.40. The highest BCUT2D eigenvalue weighted by atomic mass is 35.5. The SMILES string of the molecule is Cc1cc(/C(N)=C\F)ccc1Cl. The van der Waals surface area contributed by atoms with E-state index in [0.717, 1.165) is 5.56 Å². The minimum Gasteiger partial charge on any atom is -0.396 e. The quantitative estimate of drug-likeness (QED) is 0.716. The van der Waals surface area contributed by atoms with E-state index in [1.807, 2.05) is 6.92 Å². The summed E-state index contributed by atoms with van der Waals surface area (Å²) in [4.78, 5) is 0. The zero-order valence-electron chi connectivity index (χ0n) is 6.64. The van der Waals surface area contributed by atoms with Crippen LogP contribution in [0, 0.1) is 6.92 Å². The van der Waals surface area contributed by atoms with Crippen LogP contribution in [0.3, 0.4) is 0 Å². The molecule has 1 nitrogen and oxygen atoms in total. The summed E-state index contributed by atoms with van der Waals surface area (Å²) in [6, 6.07) is 5.12. The minimum atomic E-state index is 0.120. The largest absolute Gasteiger partial charge is 0.396 e. The zero-order chi connectivity index (χ0) is 9.14.